The van der Waals surface area contributed by atoms with Crippen LogP contribution in [0.15, 0.2) is 54.6 Å². The van der Waals surface area contributed by atoms with Crippen molar-refractivity contribution in [2.75, 3.05) is 39.3 Å². The topological polar surface area (TPSA) is 26.7 Å². The van der Waals surface area contributed by atoms with Crippen LogP contribution in [0.4, 0.5) is 0 Å². The maximum absolute atomic E-state index is 9.11. The first kappa shape index (κ1) is 19.2. The molecule has 3 nitrogen and oxygen atoms in total. The standard InChI is InChI=1S/C19H23ClN2O.ClH/c20-18-8-6-17(7-9-18)19(16-4-2-1-3-5-16)22-12-10-21(11-13-22)14-15-23;/h1-9,19,23H,10-15H2;1H. The molecule has 3 rings (SSSR count). The first-order chi connectivity index (χ1) is 11.3. The SMILES string of the molecule is Cl.OCCN1CCN(C(c2ccccc2)c2ccc(Cl)cc2)CC1. The van der Waals surface area contributed by atoms with Crippen molar-refractivity contribution in [3.63, 3.8) is 0 Å². The molecular formula is C19H24Cl2N2O. The van der Waals surface area contributed by atoms with Gasteiger partial charge in [-0.3, -0.25) is 9.80 Å². The summed E-state index contributed by atoms with van der Waals surface area (Å²) in [5.41, 5.74) is 2.58. The smallest absolute Gasteiger partial charge is 0.0602 e. The Morgan fingerprint density at radius 3 is 2.04 bits per heavy atom. The Morgan fingerprint density at radius 1 is 0.875 bits per heavy atom. The Kier molecular flexibility index (Phi) is 7.53. The molecule has 0 radical (unpaired) electrons. The second kappa shape index (κ2) is 9.40. The number of hydrogen-bond donors (Lipinski definition) is 1. The van der Waals surface area contributed by atoms with E-state index in [1.54, 1.807) is 0 Å². The van der Waals surface area contributed by atoms with Crippen molar-refractivity contribution in [3.05, 3.63) is 70.7 Å². The number of hydrogen-bond acceptors (Lipinski definition) is 3. The van der Waals surface area contributed by atoms with Crippen molar-refractivity contribution in [1.29, 1.82) is 0 Å². The average molecular weight is 367 g/mol. The zero-order valence-corrected chi connectivity index (χ0v) is 15.2. The second-order valence-corrected chi connectivity index (χ2v) is 6.40. The van der Waals surface area contributed by atoms with Gasteiger partial charge in [0, 0.05) is 37.7 Å². The minimum atomic E-state index is 0. The third-order valence-corrected chi connectivity index (χ3v) is 4.74. The van der Waals surface area contributed by atoms with Gasteiger partial charge in [0.1, 0.15) is 0 Å². The van der Waals surface area contributed by atoms with E-state index >= 15 is 0 Å². The maximum atomic E-state index is 9.11. The highest BCUT2D eigenvalue weighted by Gasteiger charge is 2.26. The van der Waals surface area contributed by atoms with Crippen molar-refractivity contribution >= 4 is 24.0 Å². The van der Waals surface area contributed by atoms with E-state index in [1.165, 1.54) is 11.1 Å². The molecule has 1 saturated heterocycles. The Hall–Kier alpha value is -1.10. The minimum Gasteiger partial charge on any atom is -0.395 e. The summed E-state index contributed by atoms with van der Waals surface area (Å²) in [7, 11) is 0. The number of piperazine rings is 1. The molecule has 130 valence electrons. The lowest BCUT2D eigenvalue weighted by atomic mass is 9.96. The Bertz CT molecular complexity index is 599. The molecule has 0 spiro atoms. The quantitative estimate of drug-likeness (QED) is 0.877. The molecule has 1 heterocycles. The number of benzene rings is 2. The molecule has 1 N–H and O–H groups in total. The first-order valence-electron chi connectivity index (χ1n) is 8.15. The summed E-state index contributed by atoms with van der Waals surface area (Å²) in [4.78, 5) is 4.84. The highest BCUT2D eigenvalue weighted by Crippen LogP contribution is 2.30. The fourth-order valence-corrected chi connectivity index (χ4v) is 3.41. The van der Waals surface area contributed by atoms with Crippen LogP contribution in [-0.2, 0) is 0 Å². The molecular weight excluding hydrogens is 343 g/mol. The average Bonchev–Trinajstić information content (AvgIpc) is 2.60. The molecule has 0 aliphatic carbocycles. The van der Waals surface area contributed by atoms with E-state index in [2.05, 4.69) is 52.3 Å². The molecule has 24 heavy (non-hydrogen) atoms. The molecule has 0 aromatic heterocycles. The predicted octanol–water partition coefficient (Wildman–Crippen LogP) is 3.46. The van der Waals surface area contributed by atoms with Crippen LogP contribution in [0.3, 0.4) is 0 Å². The fourth-order valence-electron chi connectivity index (χ4n) is 3.28. The molecule has 0 bridgehead atoms. The summed E-state index contributed by atoms with van der Waals surface area (Å²) in [6, 6.07) is 19.1. The van der Waals surface area contributed by atoms with Crippen LogP contribution in [0.25, 0.3) is 0 Å². The van der Waals surface area contributed by atoms with Gasteiger partial charge >= 0.3 is 0 Å². The van der Waals surface area contributed by atoms with Gasteiger partial charge in [-0.05, 0) is 23.3 Å². The third-order valence-electron chi connectivity index (χ3n) is 4.49. The van der Waals surface area contributed by atoms with E-state index in [9.17, 15) is 0 Å². The van der Waals surface area contributed by atoms with Gasteiger partial charge in [0.2, 0.25) is 0 Å². The molecule has 1 atom stereocenters. The zero-order chi connectivity index (χ0) is 16.1. The Balaban J connectivity index is 0.00000208. The Morgan fingerprint density at radius 2 is 1.46 bits per heavy atom. The first-order valence-corrected chi connectivity index (χ1v) is 8.53. The van der Waals surface area contributed by atoms with E-state index in [1.807, 2.05) is 12.1 Å². The number of β-amino-alcohol motifs (C(OH)–C–C–N with tert-alkyl or cyclic N) is 1. The lowest BCUT2D eigenvalue weighted by Gasteiger charge is -2.39. The predicted molar refractivity (Wildman–Crippen MR) is 102 cm³/mol. The van der Waals surface area contributed by atoms with Crippen molar-refractivity contribution in [2.45, 2.75) is 6.04 Å². The van der Waals surface area contributed by atoms with Crippen molar-refractivity contribution in [2.24, 2.45) is 0 Å². The molecule has 5 heteroatoms. The lowest BCUT2D eigenvalue weighted by Crippen LogP contribution is -2.48. The number of aliphatic hydroxyl groups excluding tert-OH is 1. The summed E-state index contributed by atoms with van der Waals surface area (Å²) < 4.78 is 0. The number of rotatable bonds is 5. The van der Waals surface area contributed by atoms with Crippen molar-refractivity contribution in [3.8, 4) is 0 Å². The summed E-state index contributed by atoms with van der Waals surface area (Å²) in [6.45, 7) is 5.00. The molecule has 1 fully saturated rings. The number of nitrogens with zero attached hydrogens (tertiary/aromatic N) is 2. The third kappa shape index (κ3) is 4.71. The van der Waals surface area contributed by atoms with Gasteiger partial charge in [0.15, 0.2) is 0 Å². The molecule has 2 aromatic carbocycles. The zero-order valence-electron chi connectivity index (χ0n) is 13.6. The van der Waals surface area contributed by atoms with Crippen molar-refractivity contribution in [1.82, 2.24) is 9.80 Å². The largest absolute Gasteiger partial charge is 0.395 e. The summed E-state index contributed by atoms with van der Waals surface area (Å²) in [6.07, 6.45) is 0. The highest BCUT2D eigenvalue weighted by molar-refractivity contribution is 6.30. The van der Waals surface area contributed by atoms with Gasteiger partial charge in [0.25, 0.3) is 0 Å². The maximum Gasteiger partial charge on any atom is 0.0602 e. The fraction of sp³-hybridized carbons (Fsp3) is 0.368. The van der Waals surface area contributed by atoms with E-state index in [4.69, 9.17) is 16.7 Å². The summed E-state index contributed by atoms with van der Waals surface area (Å²) in [5, 5.41) is 9.88. The van der Waals surface area contributed by atoms with E-state index in [0.717, 1.165) is 37.7 Å². The molecule has 2 aromatic rings. The Labute approximate surface area is 155 Å². The molecule has 0 saturated carbocycles. The van der Waals surface area contributed by atoms with Gasteiger partial charge in [0.05, 0.1) is 12.6 Å². The number of aliphatic hydroxyl groups is 1. The van der Waals surface area contributed by atoms with E-state index in [-0.39, 0.29) is 25.1 Å². The van der Waals surface area contributed by atoms with Gasteiger partial charge in [-0.1, -0.05) is 54.1 Å². The van der Waals surface area contributed by atoms with Crippen LogP contribution in [0.2, 0.25) is 5.02 Å². The molecule has 1 aliphatic rings. The van der Waals surface area contributed by atoms with Gasteiger partial charge in [-0.25, -0.2) is 0 Å². The van der Waals surface area contributed by atoms with Crippen LogP contribution < -0.4 is 0 Å². The van der Waals surface area contributed by atoms with Crippen LogP contribution in [-0.4, -0.2) is 54.2 Å². The normalized spacial score (nSPS) is 17.2. The molecule has 0 amide bonds. The van der Waals surface area contributed by atoms with Gasteiger partial charge < -0.3 is 5.11 Å². The van der Waals surface area contributed by atoms with Gasteiger partial charge in [-0.15, -0.1) is 12.4 Å². The summed E-state index contributed by atoms with van der Waals surface area (Å²) >= 11 is 6.06. The molecule has 1 unspecified atom stereocenters. The van der Waals surface area contributed by atoms with E-state index in [0.29, 0.717) is 0 Å². The highest BCUT2D eigenvalue weighted by atomic mass is 35.5. The molecule has 1 aliphatic heterocycles. The van der Waals surface area contributed by atoms with Crippen molar-refractivity contribution < 1.29 is 5.11 Å². The second-order valence-electron chi connectivity index (χ2n) is 5.97. The minimum absolute atomic E-state index is 0. The van der Waals surface area contributed by atoms with E-state index < -0.39 is 0 Å². The van der Waals surface area contributed by atoms with Crippen LogP contribution in [0, 0.1) is 0 Å². The van der Waals surface area contributed by atoms with Crippen LogP contribution >= 0.6 is 24.0 Å². The number of halogens is 2. The monoisotopic (exact) mass is 366 g/mol. The van der Waals surface area contributed by atoms with Crippen LogP contribution in [0.1, 0.15) is 17.2 Å². The lowest BCUT2D eigenvalue weighted by molar-refractivity contribution is 0.0945. The summed E-state index contributed by atoms with van der Waals surface area (Å²) in [5.74, 6) is 0. The van der Waals surface area contributed by atoms with Gasteiger partial charge in [-0.2, -0.15) is 0 Å². The van der Waals surface area contributed by atoms with Crippen LogP contribution in [0.5, 0.6) is 0 Å².